The van der Waals surface area contributed by atoms with Gasteiger partial charge in [-0.3, -0.25) is 9.69 Å². The maximum Gasteiger partial charge on any atom is 0.234 e. The van der Waals surface area contributed by atoms with E-state index < -0.39 is 0 Å². The van der Waals surface area contributed by atoms with Gasteiger partial charge in [-0.1, -0.05) is 12.1 Å². The number of likely N-dealkylation sites (tertiary alicyclic amines) is 1. The van der Waals surface area contributed by atoms with Crippen LogP contribution in [0.3, 0.4) is 0 Å². The average molecular weight is 334 g/mol. The lowest BCUT2D eigenvalue weighted by atomic mass is 10.1. The zero-order valence-electron chi connectivity index (χ0n) is 14.4. The maximum atomic E-state index is 11.7. The van der Waals surface area contributed by atoms with E-state index in [1.54, 1.807) is 20.3 Å². The molecule has 0 atom stereocenters. The number of para-hydroxylation sites is 1. The summed E-state index contributed by atoms with van der Waals surface area (Å²) in [5.41, 5.74) is 0. The summed E-state index contributed by atoms with van der Waals surface area (Å²) in [5.74, 6) is 2.01. The molecular weight excluding hydrogens is 308 g/mol. The molecule has 1 aliphatic rings. The molecule has 1 aliphatic heterocycles. The summed E-state index contributed by atoms with van der Waals surface area (Å²) in [4.78, 5) is 13.9. The number of nitrogens with zero attached hydrogens (tertiary/aromatic N) is 1. The van der Waals surface area contributed by atoms with Crippen molar-refractivity contribution in [2.24, 2.45) is 0 Å². The molecule has 6 heteroatoms. The van der Waals surface area contributed by atoms with Crippen molar-refractivity contribution in [2.45, 2.75) is 18.9 Å². The molecule has 1 saturated heterocycles. The van der Waals surface area contributed by atoms with Crippen molar-refractivity contribution >= 4 is 5.91 Å². The van der Waals surface area contributed by atoms with Crippen molar-refractivity contribution in [1.29, 1.82) is 0 Å². The second-order valence-corrected chi connectivity index (χ2v) is 5.68. The Morgan fingerprint density at radius 1 is 1.29 bits per heavy atom. The second-order valence-electron chi connectivity index (χ2n) is 5.68. The Labute approximate surface area is 143 Å². The van der Waals surface area contributed by atoms with Crippen LogP contribution in [0.5, 0.6) is 17.2 Å². The summed E-state index contributed by atoms with van der Waals surface area (Å²) in [6.07, 6.45) is 3.48. The zero-order chi connectivity index (χ0) is 17.4. The van der Waals surface area contributed by atoms with E-state index >= 15 is 0 Å². The molecule has 1 aromatic rings. The van der Waals surface area contributed by atoms with E-state index in [0.29, 0.717) is 30.3 Å². The quantitative estimate of drug-likeness (QED) is 0.735. The number of carbonyl (C=O) groups excluding carboxylic acids is 1. The van der Waals surface area contributed by atoms with Crippen molar-refractivity contribution < 1.29 is 19.0 Å². The molecule has 1 fully saturated rings. The Morgan fingerprint density at radius 3 is 2.46 bits per heavy atom. The molecular formula is C18H26N2O4. The molecule has 6 nitrogen and oxygen atoms in total. The van der Waals surface area contributed by atoms with Crippen molar-refractivity contribution in [1.82, 2.24) is 10.2 Å². The molecule has 0 radical (unpaired) electrons. The minimum atomic E-state index is 0.0284. The first-order valence-corrected chi connectivity index (χ1v) is 8.15. The number of carbonyl (C=O) groups is 1. The van der Waals surface area contributed by atoms with Gasteiger partial charge in [-0.2, -0.15) is 0 Å². The number of methoxy groups -OCH3 is 2. The van der Waals surface area contributed by atoms with Gasteiger partial charge in [0.15, 0.2) is 11.5 Å². The molecule has 2 rings (SSSR count). The van der Waals surface area contributed by atoms with E-state index in [1.165, 1.54) is 0 Å². The van der Waals surface area contributed by atoms with Gasteiger partial charge in [0, 0.05) is 19.6 Å². The summed E-state index contributed by atoms with van der Waals surface area (Å²) in [6, 6.07) is 5.59. The predicted octanol–water partition coefficient (Wildman–Crippen LogP) is 1.85. The number of piperidine rings is 1. The number of rotatable bonds is 8. The second kappa shape index (κ2) is 9.17. The van der Waals surface area contributed by atoms with Crippen LogP contribution >= 0.6 is 0 Å². The molecule has 0 unspecified atom stereocenters. The topological polar surface area (TPSA) is 60.0 Å². The number of nitrogens with one attached hydrogen (secondary N) is 1. The summed E-state index contributed by atoms with van der Waals surface area (Å²) < 4.78 is 16.9. The third-order valence-corrected chi connectivity index (χ3v) is 4.01. The van der Waals surface area contributed by atoms with Gasteiger partial charge < -0.3 is 19.5 Å². The van der Waals surface area contributed by atoms with Crippen molar-refractivity contribution in [3.05, 3.63) is 30.9 Å². The highest BCUT2D eigenvalue weighted by atomic mass is 16.5. The van der Waals surface area contributed by atoms with Crippen LogP contribution in [0.1, 0.15) is 12.8 Å². The van der Waals surface area contributed by atoms with Gasteiger partial charge in [0.05, 0.1) is 20.8 Å². The Morgan fingerprint density at radius 2 is 1.92 bits per heavy atom. The fourth-order valence-corrected chi connectivity index (χ4v) is 2.73. The largest absolute Gasteiger partial charge is 0.493 e. The van der Waals surface area contributed by atoms with Gasteiger partial charge >= 0.3 is 0 Å². The van der Waals surface area contributed by atoms with Crippen LogP contribution in [0.2, 0.25) is 0 Å². The van der Waals surface area contributed by atoms with Crippen LogP contribution in [0.4, 0.5) is 0 Å². The maximum absolute atomic E-state index is 11.7. The third kappa shape index (κ3) is 4.89. The number of amides is 1. The molecule has 24 heavy (non-hydrogen) atoms. The van der Waals surface area contributed by atoms with Crippen LogP contribution in [0.15, 0.2) is 30.9 Å². The van der Waals surface area contributed by atoms with Crippen molar-refractivity contribution in [3.63, 3.8) is 0 Å². The van der Waals surface area contributed by atoms with Gasteiger partial charge in [-0.25, -0.2) is 0 Å². The first kappa shape index (κ1) is 18.1. The Hall–Kier alpha value is -2.21. The first-order chi connectivity index (χ1) is 11.7. The van der Waals surface area contributed by atoms with Crippen LogP contribution in [0, 0.1) is 0 Å². The molecule has 0 spiro atoms. The molecule has 0 saturated carbocycles. The average Bonchev–Trinajstić information content (AvgIpc) is 2.61. The molecule has 0 aromatic heterocycles. The van der Waals surface area contributed by atoms with Gasteiger partial charge in [0.1, 0.15) is 6.10 Å². The van der Waals surface area contributed by atoms with Crippen molar-refractivity contribution in [3.8, 4) is 17.2 Å². The van der Waals surface area contributed by atoms with Crippen LogP contribution in [-0.2, 0) is 4.79 Å². The van der Waals surface area contributed by atoms with E-state index in [-0.39, 0.29) is 12.0 Å². The highest BCUT2D eigenvalue weighted by Crippen LogP contribution is 2.38. The highest BCUT2D eigenvalue weighted by Gasteiger charge is 2.24. The van der Waals surface area contributed by atoms with Crippen LogP contribution in [0.25, 0.3) is 0 Å². The van der Waals surface area contributed by atoms with Gasteiger partial charge in [-0.05, 0) is 25.0 Å². The van der Waals surface area contributed by atoms with Crippen molar-refractivity contribution in [2.75, 3.05) is 40.4 Å². The monoisotopic (exact) mass is 334 g/mol. The predicted molar refractivity (Wildman–Crippen MR) is 92.8 cm³/mol. The lowest BCUT2D eigenvalue weighted by Gasteiger charge is -2.32. The lowest BCUT2D eigenvalue weighted by molar-refractivity contribution is -0.122. The van der Waals surface area contributed by atoms with E-state index in [2.05, 4.69) is 16.8 Å². The summed E-state index contributed by atoms with van der Waals surface area (Å²) in [6.45, 7) is 6.16. The molecule has 1 aromatic carbocycles. The molecule has 1 amide bonds. The van der Waals surface area contributed by atoms with Crippen LogP contribution < -0.4 is 19.5 Å². The number of hydrogen-bond donors (Lipinski definition) is 1. The normalized spacial score (nSPS) is 15.6. The fraction of sp³-hybridized carbons (Fsp3) is 0.500. The van der Waals surface area contributed by atoms with E-state index in [0.717, 1.165) is 25.9 Å². The molecule has 132 valence electrons. The smallest absolute Gasteiger partial charge is 0.234 e. The van der Waals surface area contributed by atoms with Crippen LogP contribution in [-0.4, -0.2) is 57.3 Å². The van der Waals surface area contributed by atoms with E-state index in [1.807, 2.05) is 18.2 Å². The van der Waals surface area contributed by atoms with Gasteiger partial charge in [-0.15, -0.1) is 6.58 Å². The first-order valence-electron chi connectivity index (χ1n) is 8.15. The minimum absolute atomic E-state index is 0.0284. The van der Waals surface area contributed by atoms with Gasteiger partial charge in [0.25, 0.3) is 0 Å². The Bertz CT molecular complexity index is 532. The molecule has 0 bridgehead atoms. The molecule has 0 aliphatic carbocycles. The molecule has 1 N–H and O–H groups in total. The SMILES string of the molecule is C=CCNC(=O)CN1CCC(Oc2c(OC)cccc2OC)CC1. The van der Waals surface area contributed by atoms with E-state index in [4.69, 9.17) is 14.2 Å². The summed E-state index contributed by atoms with van der Waals surface area (Å²) in [5, 5.41) is 2.80. The number of ether oxygens (including phenoxy) is 3. The van der Waals surface area contributed by atoms with E-state index in [9.17, 15) is 4.79 Å². The lowest BCUT2D eigenvalue weighted by Crippen LogP contribution is -2.43. The number of benzene rings is 1. The highest BCUT2D eigenvalue weighted by molar-refractivity contribution is 5.78. The Kier molecular flexibility index (Phi) is 6.93. The minimum Gasteiger partial charge on any atom is -0.493 e. The number of hydrogen-bond acceptors (Lipinski definition) is 5. The third-order valence-electron chi connectivity index (χ3n) is 4.01. The Balaban J connectivity index is 1.87. The fourth-order valence-electron chi connectivity index (χ4n) is 2.73. The standard InChI is InChI=1S/C18H26N2O4/c1-4-10-19-17(21)13-20-11-8-14(9-12-20)24-18-15(22-2)6-5-7-16(18)23-3/h4-7,14H,1,8-13H2,2-3H3,(H,19,21). The van der Waals surface area contributed by atoms with Gasteiger partial charge in [0.2, 0.25) is 11.7 Å². The summed E-state index contributed by atoms with van der Waals surface area (Å²) in [7, 11) is 3.23. The molecule has 1 heterocycles. The summed E-state index contributed by atoms with van der Waals surface area (Å²) >= 11 is 0. The zero-order valence-corrected chi connectivity index (χ0v) is 14.4.